The first kappa shape index (κ1) is 19.1. The minimum Gasteiger partial charge on any atom is -0.419 e. The van der Waals surface area contributed by atoms with Gasteiger partial charge < -0.3 is 4.42 Å². The van der Waals surface area contributed by atoms with E-state index in [0.29, 0.717) is 11.8 Å². The Bertz CT molecular complexity index is 916. The number of aromatic nitrogens is 2. The molecule has 0 aliphatic carbocycles. The topological polar surface area (TPSA) is 45.4 Å². The van der Waals surface area contributed by atoms with Crippen molar-refractivity contribution in [3.63, 3.8) is 0 Å². The molecule has 1 unspecified atom stereocenters. The van der Waals surface area contributed by atoms with Crippen molar-refractivity contribution in [3.05, 3.63) is 70.6 Å². The van der Waals surface area contributed by atoms with Crippen LogP contribution in [0.4, 0.5) is 0 Å². The lowest BCUT2D eigenvalue weighted by molar-refractivity contribution is 0.0876. The van der Waals surface area contributed by atoms with Crippen LogP contribution in [0.25, 0.3) is 11.5 Å². The van der Waals surface area contributed by atoms with Crippen LogP contribution < -0.4 is 0 Å². The van der Waals surface area contributed by atoms with Crippen molar-refractivity contribution in [2.24, 2.45) is 0 Å². The van der Waals surface area contributed by atoms with E-state index in [2.05, 4.69) is 52.0 Å². The molecule has 1 aliphatic rings. The average molecular weight is 397 g/mol. The van der Waals surface area contributed by atoms with E-state index in [0.717, 1.165) is 43.3 Å². The molecular formula is C22H25ClN4O. The van der Waals surface area contributed by atoms with Gasteiger partial charge in [-0.15, -0.1) is 10.2 Å². The number of rotatable bonds is 5. The van der Waals surface area contributed by atoms with Crippen molar-refractivity contribution in [2.75, 3.05) is 26.2 Å². The molecule has 3 aromatic rings. The Labute approximate surface area is 170 Å². The van der Waals surface area contributed by atoms with Gasteiger partial charge in [-0.05, 0) is 43.7 Å². The van der Waals surface area contributed by atoms with E-state index in [4.69, 9.17) is 16.0 Å². The van der Waals surface area contributed by atoms with Crippen molar-refractivity contribution in [1.82, 2.24) is 20.0 Å². The van der Waals surface area contributed by atoms with Gasteiger partial charge in [0.1, 0.15) is 0 Å². The van der Waals surface area contributed by atoms with Gasteiger partial charge >= 0.3 is 0 Å². The molecule has 1 aromatic heterocycles. The molecule has 0 saturated carbocycles. The van der Waals surface area contributed by atoms with Crippen LogP contribution >= 0.6 is 11.6 Å². The number of hydrogen-bond acceptors (Lipinski definition) is 5. The highest BCUT2D eigenvalue weighted by molar-refractivity contribution is 6.30. The summed E-state index contributed by atoms with van der Waals surface area (Å²) in [4.78, 5) is 4.86. The summed E-state index contributed by atoms with van der Waals surface area (Å²) < 4.78 is 5.97. The normalized spacial score (nSPS) is 17.0. The van der Waals surface area contributed by atoms with E-state index >= 15 is 0 Å². The lowest BCUT2D eigenvalue weighted by atomic mass is 10.1. The third kappa shape index (κ3) is 4.43. The van der Waals surface area contributed by atoms with Gasteiger partial charge in [-0.25, -0.2) is 0 Å². The van der Waals surface area contributed by atoms with Gasteiger partial charge in [-0.3, -0.25) is 9.80 Å². The van der Waals surface area contributed by atoms with Gasteiger partial charge in [0.25, 0.3) is 0 Å². The minimum atomic E-state index is 0.111. The molecule has 2 heterocycles. The third-order valence-corrected chi connectivity index (χ3v) is 5.58. The number of aryl methyl sites for hydroxylation is 1. The second kappa shape index (κ2) is 8.43. The Kier molecular flexibility index (Phi) is 5.76. The predicted octanol–water partition coefficient (Wildman–Crippen LogP) is 4.58. The Morgan fingerprint density at radius 2 is 1.79 bits per heavy atom. The average Bonchev–Trinajstić information content (AvgIpc) is 3.19. The van der Waals surface area contributed by atoms with Crippen LogP contribution in [-0.4, -0.2) is 46.2 Å². The number of nitrogens with zero attached hydrogens (tertiary/aromatic N) is 4. The fraction of sp³-hybridized carbons (Fsp3) is 0.364. The summed E-state index contributed by atoms with van der Waals surface area (Å²) in [6, 6.07) is 16.4. The quantitative estimate of drug-likeness (QED) is 0.631. The molecule has 0 radical (unpaired) electrons. The molecule has 1 aliphatic heterocycles. The highest BCUT2D eigenvalue weighted by atomic mass is 35.5. The second-order valence-electron chi connectivity index (χ2n) is 7.43. The van der Waals surface area contributed by atoms with Crippen LogP contribution in [0, 0.1) is 6.92 Å². The molecule has 6 heteroatoms. The number of halogens is 1. The lowest BCUT2D eigenvalue weighted by Gasteiger charge is -2.36. The molecule has 2 aromatic carbocycles. The fourth-order valence-electron chi connectivity index (χ4n) is 3.57. The van der Waals surface area contributed by atoms with Gasteiger partial charge in [-0.2, -0.15) is 0 Å². The SMILES string of the molecule is Cc1ccc(-c2nnc(C(C)N3CCN(Cc4cccc(Cl)c4)CC3)o2)cc1. The molecule has 146 valence electrons. The standard InChI is InChI=1S/C22H25ClN4O/c1-16-6-8-19(9-7-16)22-25-24-21(28-22)17(2)27-12-10-26(11-13-27)15-18-4-3-5-20(23)14-18/h3-9,14,17H,10-13,15H2,1-2H3. The summed E-state index contributed by atoms with van der Waals surface area (Å²) in [7, 11) is 0. The van der Waals surface area contributed by atoms with Gasteiger partial charge in [-0.1, -0.05) is 41.4 Å². The van der Waals surface area contributed by atoms with Gasteiger partial charge in [0.15, 0.2) is 0 Å². The van der Waals surface area contributed by atoms with Crippen LogP contribution in [0.5, 0.6) is 0 Å². The zero-order valence-electron chi connectivity index (χ0n) is 16.3. The zero-order chi connectivity index (χ0) is 19.5. The molecular weight excluding hydrogens is 372 g/mol. The zero-order valence-corrected chi connectivity index (χ0v) is 17.1. The number of hydrogen-bond donors (Lipinski definition) is 0. The molecule has 1 atom stereocenters. The largest absolute Gasteiger partial charge is 0.419 e. The van der Waals surface area contributed by atoms with E-state index in [-0.39, 0.29) is 6.04 Å². The van der Waals surface area contributed by atoms with E-state index in [1.165, 1.54) is 11.1 Å². The van der Waals surface area contributed by atoms with E-state index in [9.17, 15) is 0 Å². The molecule has 4 rings (SSSR count). The molecule has 0 amide bonds. The molecule has 1 fully saturated rings. The summed E-state index contributed by atoms with van der Waals surface area (Å²) in [5.41, 5.74) is 3.43. The van der Waals surface area contributed by atoms with Crippen LogP contribution in [0.1, 0.15) is 30.0 Å². The van der Waals surface area contributed by atoms with Crippen molar-refractivity contribution in [2.45, 2.75) is 26.4 Å². The van der Waals surface area contributed by atoms with Crippen LogP contribution in [0.2, 0.25) is 5.02 Å². The van der Waals surface area contributed by atoms with E-state index in [1.807, 2.05) is 30.3 Å². The predicted molar refractivity (Wildman–Crippen MR) is 111 cm³/mol. The summed E-state index contributed by atoms with van der Waals surface area (Å²) in [5, 5.41) is 9.34. The van der Waals surface area contributed by atoms with Crippen LogP contribution in [-0.2, 0) is 6.54 Å². The monoisotopic (exact) mass is 396 g/mol. The summed E-state index contributed by atoms with van der Waals surface area (Å²) >= 11 is 6.10. The van der Waals surface area contributed by atoms with Gasteiger partial charge in [0.2, 0.25) is 11.8 Å². The van der Waals surface area contributed by atoms with E-state index in [1.54, 1.807) is 0 Å². The van der Waals surface area contributed by atoms with Crippen molar-refractivity contribution < 1.29 is 4.42 Å². The second-order valence-corrected chi connectivity index (χ2v) is 7.87. The minimum absolute atomic E-state index is 0.111. The van der Waals surface area contributed by atoms with Crippen molar-refractivity contribution >= 4 is 11.6 Å². The summed E-state index contributed by atoms with van der Waals surface area (Å²) in [6.07, 6.45) is 0. The number of piperazine rings is 1. The molecule has 0 N–H and O–H groups in total. The molecule has 0 spiro atoms. The Morgan fingerprint density at radius 1 is 1.04 bits per heavy atom. The maximum absolute atomic E-state index is 6.10. The van der Waals surface area contributed by atoms with Crippen molar-refractivity contribution in [3.8, 4) is 11.5 Å². The van der Waals surface area contributed by atoms with Crippen LogP contribution in [0.3, 0.4) is 0 Å². The fourth-order valence-corrected chi connectivity index (χ4v) is 3.79. The van der Waals surface area contributed by atoms with E-state index < -0.39 is 0 Å². The summed E-state index contributed by atoms with van der Waals surface area (Å²) in [6.45, 7) is 9.11. The highest BCUT2D eigenvalue weighted by Gasteiger charge is 2.25. The first-order chi connectivity index (χ1) is 13.6. The maximum atomic E-state index is 6.10. The Hall–Kier alpha value is -2.21. The van der Waals surface area contributed by atoms with Gasteiger partial charge in [0, 0.05) is 43.3 Å². The lowest BCUT2D eigenvalue weighted by Crippen LogP contribution is -2.46. The van der Waals surface area contributed by atoms with Gasteiger partial charge in [0.05, 0.1) is 6.04 Å². The molecule has 5 nitrogen and oxygen atoms in total. The maximum Gasteiger partial charge on any atom is 0.247 e. The number of benzene rings is 2. The third-order valence-electron chi connectivity index (χ3n) is 5.35. The molecule has 1 saturated heterocycles. The van der Waals surface area contributed by atoms with Crippen molar-refractivity contribution in [1.29, 1.82) is 0 Å². The smallest absolute Gasteiger partial charge is 0.247 e. The Balaban J connectivity index is 1.35. The first-order valence-electron chi connectivity index (χ1n) is 9.70. The Morgan fingerprint density at radius 3 is 2.50 bits per heavy atom. The molecule has 0 bridgehead atoms. The van der Waals surface area contributed by atoms with Crippen LogP contribution in [0.15, 0.2) is 52.9 Å². The highest BCUT2D eigenvalue weighted by Crippen LogP contribution is 2.25. The first-order valence-corrected chi connectivity index (χ1v) is 10.1. The summed E-state index contributed by atoms with van der Waals surface area (Å²) in [5.74, 6) is 1.26. The molecule has 28 heavy (non-hydrogen) atoms.